The van der Waals surface area contributed by atoms with Gasteiger partial charge in [-0.15, -0.1) is 10.2 Å². The van der Waals surface area contributed by atoms with Gasteiger partial charge in [0.2, 0.25) is 0 Å². The highest BCUT2D eigenvalue weighted by atomic mass is 15.4. The first-order valence-corrected chi connectivity index (χ1v) is 5.61. The monoisotopic (exact) mass is 241 g/mol. The number of aromatic nitrogens is 2. The number of nitrogens with one attached hydrogen (secondary N) is 1. The van der Waals surface area contributed by atoms with Crippen molar-refractivity contribution in [3.8, 4) is 0 Å². The smallest absolute Gasteiger partial charge is 0.168 e. The number of anilines is 2. The lowest BCUT2D eigenvalue weighted by molar-refractivity contribution is 0.961. The van der Waals surface area contributed by atoms with E-state index in [4.69, 9.17) is 0 Å². The van der Waals surface area contributed by atoms with Crippen LogP contribution in [0, 0.1) is 0 Å². The topological polar surface area (TPSA) is 53.4 Å². The van der Waals surface area contributed by atoms with E-state index in [1.807, 2.05) is 61.5 Å². The molecule has 1 N–H and O–H groups in total. The minimum atomic E-state index is 0.618. The van der Waals surface area contributed by atoms with Gasteiger partial charge in [-0.1, -0.05) is 30.3 Å². The Morgan fingerprint density at radius 1 is 1.06 bits per heavy atom. The van der Waals surface area contributed by atoms with Gasteiger partial charge in [0, 0.05) is 14.1 Å². The Hall–Kier alpha value is -2.43. The Morgan fingerprint density at radius 3 is 2.44 bits per heavy atom. The van der Waals surface area contributed by atoms with E-state index < -0.39 is 0 Å². The molecule has 0 saturated heterocycles. The summed E-state index contributed by atoms with van der Waals surface area (Å²) in [7, 11) is 3.84. The Bertz CT molecular complexity index is 505. The van der Waals surface area contributed by atoms with Crippen LogP contribution in [-0.2, 0) is 0 Å². The molecule has 0 atom stereocenters. The lowest BCUT2D eigenvalue weighted by Crippen LogP contribution is -2.11. The first kappa shape index (κ1) is 12.0. The van der Waals surface area contributed by atoms with Gasteiger partial charge in [-0.2, -0.15) is 5.10 Å². The SMILES string of the molecule is CN(C)c1ccc(N/N=C\c2ccccc2)nn1. The van der Waals surface area contributed by atoms with E-state index in [9.17, 15) is 0 Å². The third-order valence-electron chi connectivity index (χ3n) is 2.30. The minimum absolute atomic E-state index is 0.618. The average molecular weight is 241 g/mol. The molecule has 0 unspecified atom stereocenters. The molecule has 0 fully saturated rings. The van der Waals surface area contributed by atoms with Crippen molar-refractivity contribution in [3.05, 3.63) is 48.0 Å². The summed E-state index contributed by atoms with van der Waals surface area (Å²) in [5, 5.41) is 12.2. The third-order valence-corrected chi connectivity index (χ3v) is 2.30. The van der Waals surface area contributed by atoms with Crippen molar-refractivity contribution in [2.45, 2.75) is 0 Å². The summed E-state index contributed by atoms with van der Waals surface area (Å²) < 4.78 is 0. The molecule has 0 aliphatic heterocycles. The maximum atomic E-state index is 4.10. The predicted octanol–water partition coefficient (Wildman–Crippen LogP) is 1.99. The van der Waals surface area contributed by atoms with Gasteiger partial charge in [0.05, 0.1) is 6.21 Å². The molecule has 0 saturated carbocycles. The molecule has 2 rings (SSSR count). The van der Waals surface area contributed by atoms with Crippen LogP contribution in [-0.4, -0.2) is 30.5 Å². The summed E-state index contributed by atoms with van der Waals surface area (Å²) in [4.78, 5) is 1.89. The Balaban J connectivity index is 1.96. The molecule has 0 spiro atoms. The molecule has 0 aliphatic carbocycles. The van der Waals surface area contributed by atoms with Crippen LogP contribution in [0.4, 0.5) is 11.6 Å². The van der Waals surface area contributed by atoms with Gasteiger partial charge in [-0.25, -0.2) is 0 Å². The molecular weight excluding hydrogens is 226 g/mol. The fourth-order valence-corrected chi connectivity index (χ4v) is 1.34. The molecular formula is C13H15N5. The van der Waals surface area contributed by atoms with Crippen molar-refractivity contribution in [2.24, 2.45) is 5.10 Å². The summed E-state index contributed by atoms with van der Waals surface area (Å²) in [6.07, 6.45) is 1.74. The van der Waals surface area contributed by atoms with Crippen LogP contribution in [0.1, 0.15) is 5.56 Å². The lowest BCUT2D eigenvalue weighted by Gasteiger charge is -2.09. The molecule has 1 heterocycles. The van der Waals surface area contributed by atoms with Crippen LogP contribution in [0.15, 0.2) is 47.6 Å². The fourth-order valence-electron chi connectivity index (χ4n) is 1.34. The van der Waals surface area contributed by atoms with Gasteiger partial charge in [0.1, 0.15) is 0 Å². The highest BCUT2D eigenvalue weighted by Gasteiger charge is 1.97. The molecule has 92 valence electrons. The molecule has 1 aromatic carbocycles. The van der Waals surface area contributed by atoms with Crippen molar-refractivity contribution in [1.82, 2.24) is 10.2 Å². The maximum absolute atomic E-state index is 4.10. The molecule has 1 aromatic heterocycles. The molecule has 0 amide bonds. The zero-order chi connectivity index (χ0) is 12.8. The summed E-state index contributed by atoms with van der Waals surface area (Å²) >= 11 is 0. The zero-order valence-corrected chi connectivity index (χ0v) is 10.4. The Labute approximate surface area is 106 Å². The Morgan fingerprint density at radius 2 is 1.83 bits per heavy atom. The lowest BCUT2D eigenvalue weighted by atomic mass is 10.2. The van der Waals surface area contributed by atoms with Crippen LogP contribution < -0.4 is 10.3 Å². The van der Waals surface area contributed by atoms with Crippen LogP contribution in [0.25, 0.3) is 0 Å². The van der Waals surface area contributed by atoms with Crippen molar-refractivity contribution >= 4 is 17.9 Å². The highest BCUT2D eigenvalue weighted by molar-refractivity contribution is 5.79. The van der Waals surface area contributed by atoms with Gasteiger partial charge in [-0.05, 0) is 17.7 Å². The predicted molar refractivity (Wildman–Crippen MR) is 74.0 cm³/mol. The number of hydrazone groups is 1. The summed E-state index contributed by atoms with van der Waals surface area (Å²) in [6, 6.07) is 13.6. The standard InChI is InChI=1S/C13H15N5/c1-18(2)13-9-8-12(16-17-13)15-14-10-11-6-4-3-5-7-11/h3-10H,1-2H3,(H,15,16)/b14-10-. The van der Waals surface area contributed by atoms with E-state index >= 15 is 0 Å². The molecule has 0 aliphatic rings. The van der Waals surface area contributed by atoms with Crippen LogP contribution >= 0.6 is 0 Å². The molecule has 5 heteroatoms. The van der Waals surface area contributed by atoms with Gasteiger partial charge in [0.15, 0.2) is 11.6 Å². The van der Waals surface area contributed by atoms with E-state index in [2.05, 4.69) is 20.7 Å². The van der Waals surface area contributed by atoms with Gasteiger partial charge < -0.3 is 4.90 Å². The number of hydrogen-bond donors (Lipinski definition) is 1. The number of nitrogens with zero attached hydrogens (tertiary/aromatic N) is 4. The second-order valence-corrected chi connectivity index (χ2v) is 3.95. The van der Waals surface area contributed by atoms with Crippen molar-refractivity contribution in [2.75, 3.05) is 24.4 Å². The van der Waals surface area contributed by atoms with Crippen LogP contribution in [0.3, 0.4) is 0 Å². The van der Waals surface area contributed by atoms with Crippen LogP contribution in [0.2, 0.25) is 0 Å². The zero-order valence-electron chi connectivity index (χ0n) is 10.4. The number of benzene rings is 1. The van der Waals surface area contributed by atoms with Crippen LogP contribution in [0.5, 0.6) is 0 Å². The Kier molecular flexibility index (Phi) is 3.86. The van der Waals surface area contributed by atoms with E-state index in [1.54, 1.807) is 6.21 Å². The molecule has 2 aromatic rings. The van der Waals surface area contributed by atoms with Gasteiger partial charge in [0.25, 0.3) is 0 Å². The van der Waals surface area contributed by atoms with Crippen molar-refractivity contribution in [3.63, 3.8) is 0 Å². The van der Waals surface area contributed by atoms with Gasteiger partial charge >= 0.3 is 0 Å². The first-order chi connectivity index (χ1) is 8.75. The molecule has 18 heavy (non-hydrogen) atoms. The molecule has 0 radical (unpaired) electrons. The minimum Gasteiger partial charge on any atom is -0.361 e. The fraction of sp³-hybridized carbons (Fsp3) is 0.154. The molecule has 5 nitrogen and oxygen atoms in total. The number of hydrogen-bond acceptors (Lipinski definition) is 5. The highest BCUT2D eigenvalue weighted by Crippen LogP contribution is 2.08. The second kappa shape index (κ2) is 5.77. The summed E-state index contributed by atoms with van der Waals surface area (Å²) in [5.74, 6) is 1.43. The van der Waals surface area contributed by atoms with E-state index in [1.165, 1.54) is 0 Å². The quantitative estimate of drug-likeness (QED) is 0.657. The largest absolute Gasteiger partial charge is 0.361 e. The third kappa shape index (κ3) is 3.28. The van der Waals surface area contributed by atoms with E-state index in [0.717, 1.165) is 11.4 Å². The molecule has 0 bridgehead atoms. The normalized spacial score (nSPS) is 10.6. The summed E-state index contributed by atoms with van der Waals surface area (Å²) in [6.45, 7) is 0. The second-order valence-electron chi connectivity index (χ2n) is 3.95. The number of rotatable bonds is 4. The van der Waals surface area contributed by atoms with E-state index in [-0.39, 0.29) is 0 Å². The van der Waals surface area contributed by atoms with Crippen molar-refractivity contribution < 1.29 is 0 Å². The van der Waals surface area contributed by atoms with E-state index in [0.29, 0.717) is 5.82 Å². The summed E-state index contributed by atoms with van der Waals surface area (Å²) in [5.41, 5.74) is 3.87. The average Bonchev–Trinajstić information content (AvgIpc) is 2.40. The maximum Gasteiger partial charge on any atom is 0.168 e. The van der Waals surface area contributed by atoms with Gasteiger partial charge in [-0.3, -0.25) is 5.43 Å². The van der Waals surface area contributed by atoms with Crippen molar-refractivity contribution in [1.29, 1.82) is 0 Å². The first-order valence-electron chi connectivity index (χ1n) is 5.61.